The van der Waals surface area contributed by atoms with Crippen LogP contribution in [0, 0.1) is 17.0 Å². The molecule has 0 bridgehead atoms. The van der Waals surface area contributed by atoms with Crippen LogP contribution in [0.4, 0.5) is 29.3 Å². The Labute approximate surface area is 232 Å². The number of fused-ring (bicyclic) bond motifs is 3. The van der Waals surface area contributed by atoms with Gasteiger partial charge in [-0.1, -0.05) is 0 Å². The number of alkyl halides is 3. The molecule has 13 nitrogen and oxygen atoms in total. The number of imidazole rings is 1. The molecule has 5 rings (SSSR count). The second-order valence-corrected chi connectivity index (χ2v) is 9.07. The van der Waals surface area contributed by atoms with E-state index < -0.39 is 34.2 Å². The van der Waals surface area contributed by atoms with Crippen molar-refractivity contribution in [3.63, 3.8) is 0 Å². The van der Waals surface area contributed by atoms with Gasteiger partial charge in [0, 0.05) is 36.8 Å². The molecule has 42 heavy (non-hydrogen) atoms. The maximum Gasteiger partial charge on any atom is 0.418 e. The van der Waals surface area contributed by atoms with Crippen LogP contribution in [0.15, 0.2) is 59.7 Å². The van der Waals surface area contributed by atoms with Gasteiger partial charge in [-0.25, -0.2) is 14.6 Å². The monoisotopic (exact) mass is 583 g/mol. The molecule has 0 aliphatic carbocycles. The van der Waals surface area contributed by atoms with Gasteiger partial charge in [-0.05, 0) is 42.8 Å². The number of aromatic amines is 1. The van der Waals surface area contributed by atoms with Crippen LogP contribution in [0.3, 0.4) is 0 Å². The van der Waals surface area contributed by atoms with E-state index in [1.807, 2.05) is 0 Å². The van der Waals surface area contributed by atoms with Gasteiger partial charge in [0.25, 0.3) is 11.2 Å². The van der Waals surface area contributed by atoms with Crippen molar-refractivity contribution < 1.29 is 32.4 Å². The standard InChI is InChI=1S/C26H20F3N7O6/c1-13-21(24(38)42-2)33-22-23(37)32-18-9-17(26(27,28)29)19(10-20(18)35(13)22)34-8-7-14(12-34)11-30-25(39)31-15-3-5-16(6-4-15)36(40)41/h3-10,12H,11H2,1-2H3,(H,32,37)(H2,30,31,39). The van der Waals surface area contributed by atoms with E-state index in [9.17, 15) is 37.7 Å². The minimum Gasteiger partial charge on any atom is -0.464 e. The van der Waals surface area contributed by atoms with Crippen LogP contribution in [0.1, 0.15) is 27.3 Å². The molecule has 0 saturated carbocycles. The molecule has 0 atom stereocenters. The molecule has 3 aromatic heterocycles. The molecule has 3 N–H and O–H groups in total. The molecule has 2 amide bonds. The van der Waals surface area contributed by atoms with Crippen LogP contribution in [0.5, 0.6) is 0 Å². The van der Waals surface area contributed by atoms with Crippen LogP contribution >= 0.6 is 0 Å². The Bertz CT molecular complexity index is 1940. The lowest BCUT2D eigenvalue weighted by molar-refractivity contribution is -0.384. The van der Waals surface area contributed by atoms with E-state index in [0.717, 1.165) is 13.2 Å². The summed E-state index contributed by atoms with van der Waals surface area (Å²) < 4.78 is 49.7. The average Bonchev–Trinajstić information content (AvgIpc) is 3.56. The van der Waals surface area contributed by atoms with E-state index in [1.54, 1.807) is 0 Å². The third kappa shape index (κ3) is 5.12. The van der Waals surface area contributed by atoms with Gasteiger partial charge in [-0.3, -0.25) is 19.3 Å². The predicted octanol–water partition coefficient (Wildman–Crippen LogP) is 4.31. The van der Waals surface area contributed by atoms with E-state index in [2.05, 4.69) is 20.6 Å². The lowest BCUT2D eigenvalue weighted by Crippen LogP contribution is -2.28. The number of esters is 1. The first kappa shape index (κ1) is 27.9. The Morgan fingerprint density at radius 3 is 2.52 bits per heavy atom. The number of nitro benzene ring substituents is 1. The zero-order valence-electron chi connectivity index (χ0n) is 21.8. The lowest BCUT2D eigenvalue weighted by atomic mass is 10.1. The molecule has 3 heterocycles. The molecule has 0 aliphatic rings. The molecular formula is C26H20F3N7O6. The SMILES string of the molecule is COC(=O)c1nc2c(=O)[nH]c3cc(C(F)(F)F)c(-n4ccc(CNC(=O)Nc5ccc([N+](=O)[O-])cc5)c4)cc3n2c1C. The fourth-order valence-electron chi connectivity index (χ4n) is 4.44. The molecule has 0 fully saturated rings. The summed E-state index contributed by atoms with van der Waals surface area (Å²) in [6, 6.07) is 8.05. The number of anilines is 1. The summed E-state index contributed by atoms with van der Waals surface area (Å²) in [6.07, 6.45) is -2.03. The van der Waals surface area contributed by atoms with Crippen molar-refractivity contribution >= 4 is 40.1 Å². The number of urea groups is 1. The Hall–Kier alpha value is -5.67. The number of carbonyl (C=O) groups is 2. The van der Waals surface area contributed by atoms with Crippen LogP contribution in [-0.2, 0) is 17.5 Å². The summed E-state index contributed by atoms with van der Waals surface area (Å²) in [5, 5.41) is 15.8. The van der Waals surface area contributed by atoms with Crippen molar-refractivity contribution in [3.05, 3.63) is 97.8 Å². The van der Waals surface area contributed by atoms with Crippen molar-refractivity contribution in [3.8, 4) is 5.69 Å². The third-order valence-corrected chi connectivity index (χ3v) is 6.42. The molecule has 5 aromatic rings. The van der Waals surface area contributed by atoms with Gasteiger partial charge >= 0.3 is 18.2 Å². The molecular weight excluding hydrogens is 563 g/mol. The Balaban J connectivity index is 1.48. The number of hydrogen-bond donors (Lipinski definition) is 3. The lowest BCUT2D eigenvalue weighted by Gasteiger charge is -2.16. The van der Waals surface area contributed by atoms with E-state index in [0.29, 0.717) is 11.3 Å². The smallest absolute Gasteiger partial charge is 0.418 e. The van der Waals surface area contributed by atoms with E-state index in [1.165, 1.54) is 64.7 Å². The van der Waals surface area contributed by atoms with Crippen molar-refractivity contribution in [1.29, 1.82) is 0 Å². The van der Waals surface area contributed by atoms with Crippen molar-refractivity contribution in [2.75, 3.05) is 12.4 Å². The molecule has 2 aromatic carbocycles. The summed E-state index contributed by atoms with van der Waals surface area (Å²) in [7, 11) is 1.14. The van der Waals surface area contributed by atoms with E-state index in [-0.39, 0.29) is 46.0 Å². The van der Waals surface area contributed by atoms with Gasteiger partial charge in [0.05, 0.1) is 40.0 Å². The fourth-order valence-corrected chi connectivity index (χ4v) is 4.44. The summed E-state index contributed by atoms with van der Waals surface area (Å²) in [4.78, 5) is 53.7. The average molecular weight is 583 g/mol. The summed E-state index contributed by atoms with van der Waals surface area (Å²) in [5.41, 5.74) is -1.61. The highest BCUT2D eigenvalue weighted by molar-refractivity contribution is 5.91. The van der Waals surface area contributed by atoms with Crippen LogP contribution in [0.25, 0.3) is 22.4 Å². The Kier molecular flexibility index (Phi) is 6.89. The maximum absolute atomic E-state index is 14.2. The van der Waals surface area contributed by atoms with Crippen molar-refractivity contribution in [2.24, 2.45) is 0 Å². The van der Waals surface area contributed by atoms with Crippen LogP contribution < -0.4 is 16.2 Å². The Morgan fingerprint density at radius 2 is 1.88 bits per heavy atom. The van der Waals surface area contributed by atoms with Crippen molar-refractivity contribution in [2.45, 2.75) is 19.6 Å². The van der Waals surface area contributed by atoms with Gasteiger partial charge in [0.2, 0.25) is 5.65 Å². The number of halogens is 3. The number of aromatic nitrogens is 4. The van der Waals surface area contributed by atoms with E-state index in [4.69, 9.17) is 4.74 Å². The summed E-state index contributed by atoms with van der Waals surface area (Å²) >= 11 is 0. The van der Waals surface area contributed by atoms with Gasteiger partial charge < -0.3 is 24.9 Å². The number of H-pyrrole nitrogens is 1. The number of carbonyl (C=O) groups excluding carboxylic acids is 2. The number of nitrogens with zero attached hydrogens (tertiary/aromatic N) is 4. The quantitative estimate of drug-likeness (QED) is 0.152. The number of nitrogens with one attached hydrogen (secondary N) is 3. The minimum atomic E-state index is -4.80. The normalized spacial score (nSPS) is 11.5. The number of methoxy groups -OCH3 is 1. The highest BCUT2D eigenvalue weighted by Crippen LogP contribution is 2.36. The molecule has 0 radical (unpaired) electrons. The molecule has 0 saturated heterocycles. The fraction of sp³-hybridized carbons (Fsp3) is 0.154. The third-order valence-electron chi connectivity index (χ3n) is 6.42. The number of nitro groups is 1. The van der Waals surface area contributed by atoms with Crippen LogP contribution in [0.2, 0.25) is 0 Å². The summed E-state index contributed by atoms with van der Waals surface area (Å²) in [5.74, 6) is -0.809. The van der Waals surface area contributed by atoms with Crippen molar-refractivity contribution in [1.82, 2.24) is 24.3 Å². The topological polar surface area (TPSA) is 166 Å². The first-order valence-electron chi connectivity index (χ1n) is 12.1. The number of non-ortho nitro benzene ring substituents is 1. The highest BCUT2D eigenvalue weighted by Gasteiger charge is 2.35. The highest BCUT2D eigenvalue weighted by atomic mass is 19.4. The molecule has 216 valence electrons. The zero-order valence-corrected chi connectivity index (χ0v) is 21.8. The number of hydrogen-bond acceptors (Lipinski definition) is 7. The first-order valence-corrected chi connectivity index (χ1v) is 12.1. The molecule has 0 aliphatic heterocycles. The maximum atomic E-state index is 14.2. The van der Waals surface area contributed by atoms with Gasteiger partial charge in [-0.15, -0.1) is 0 Å². The summed E-state index contributed by atoms with van der Waals surface area (Å²) in [6.45, 7) is 1.44. The van der Waals surface area contributed by atoms with Crippen LogP contribution in [-0.4, -0.2) is 43.0 Å². The number of rotatable bonds is 6. The van der Waals surface area contributed by atoms with E-state index >= 15 is 0 Å². The largest absolute Gasteiger partial charge is 0.464 e. The predicted molar refractivity (Wildman–Crippen MR) is 143 cm³/mol. The molecule has 0 spiro atoms. The zero-order chi connectivity index (χ0) is 30.3. The molecule has 16 heteroatoms. The number of benzene rings is 2. The number of amides is 2. The second kappa shape index (κ2) is 10.4. The van der Waals surface area contributed by atoms with Gasteiger partial charge in [-0.2, -0.15) is 13.2 Å². The second-order valence-electron chi connectivity index (χ2n) is 9.07. The molecule has 0 unspecified atom stereocenters. The number of ether oxygens (including phenoxy) is 1. The van der Waals surface area contributed by atoms with Gasteiger partial charge in [0.1, 0.15) is 0 Å². The van der Waals surface area contributed by atoms with Gasteiger partial charge in [0.15, 0.2) is 5.69 Å². The number of aryl methyl sites for hydroxylation is 1. The minimum absolute atomic E-state index is 0.0541. The Morgan fingerprint density at radius 1 is 1.17 bits per heavy atom. The first-order chi connectivity index (χ1) is 19.9.